The lowest BCUT2D eigenvalue weighted by Crippen LogP contribution is -2.41. The highest BCUT2D eigenvalue weighted by Gasteiger charge is 2.17. The van der Waals surface area contributed by atoms with Crippen molar-refractivity contribution in [2.45, 2.75) is 19.5 Å². The SMILES string of the molecule is O=C(Cn1c(=O)n(CCc2ccccc2)c(=O)c2sccc21)Nc1ccc(F)c(F)c1. The quantitative estimate of drug-likeness (QED) is 0.499. The molecular weight excluding hydrogens is 424 g/mol. The van der Waals surface area contributed by atoms with Gasteiger partial charge in [0.2, 0.25) is 5.91 Å². The van der Waals surface area contributed by atoms with E-state index in [0.717, 1.165) is 22.3 Å². The average molecular weight is 441 g/mol. The van der Waals surface area contributed by atoms with Crippen molar-refractivity contribution < 1.29 is 13.6 Å². The summed E-state index contributed by atoms with van der Waals surface area (Å²) in [6.45, 7) is -0.211. The van der Waals surface area contributed by atoms with Gasteiger partial charge in [0.05, 0.1) is 5.52 Å². The van der Waals surface area contributed by atoms with Crippen LogP contribution in [0.2, 0.25) is 0 Å². The highest BCUT2D eigenvalue weighted by atomic mass is 32.1. The van der Waals surface area contributed by atoms with Crippen molar-refractivity contribution in [1.82, 2.24) is 9.13 Å². The van der Waals surface area contributed by atoms with Crippen LogP contribution in [0.1, 0.15) is 5.56 Å². The first-order chi connectivity index (χ1) is 14.9. The summed E-state index contributed by atoms with van der Waals surface area (Å²) in [5.41, 5.74) is 0.394. The Hall–Kier alpha value is -3.59. The van der Waals surface area contributed by atoms with E-state index >= 15 is 0 Å². The van der Waals surface area contributed by atoms with Gasteiger partial charge in [0.1, 0.15) is 11.2 Å². The Labute approximate surface area is 179 Å². The maximum absolute atomic E-state index is 13.4. The Kier molecular flexibility index (Phi) is 5.77. The molecule has 0 aliphatic heterocycles. The molecule has 158 valence electrons. The standard InChI is InChI=1S/C22H17F2N3O3S/c23-16-7-6-15(12-17(16)24)25-19(28)13-27-18-9-11-31-20(18)21(29)26(22(27)30)10-8-14-4-2-1-3-5-14/h1-7,9,11-12H,8,10,13H2,(H,25,28). The maximum Gasteiger partial charge on any atom is 0.332 e. The number of aryl methyl sites for hydroxylation is 1. The van der Waals surface area contributed by atoms with Crippen molar-refractivity contribution in [3.8, 4) is 0 Å². The summed E-state index contributed by atoms with van der Waals surface area (Å²) >= 11 is 1.19. The molecule has 6 nitrogen and oxygen atoms in total. The molecule has 4 aromatic rings. The number of halogens is 2. The van der Waals surface area contributed by atoms with Gasteiger partial charge in [-0.3, -0.25) is 18.7 Å². The first-order valence-corrected chi connectivity index (χ1v) is 10.3. The van der Waals surface area contributed by atoms with Crippen molar-refractivity contribution in [3.63, 3.8) is 0 Å². The first-order valence-electron chi connectivity index (χ1n) is 9.43. The molecule has 0 aliphatic rings. The first kappa shape index (κ1) is 20.7. The average Bonchev–Trinajstić information content (AvgIpc) is 3.25. The molecule has 0 saturated carbocycles. The number of fused-ring (bicyclic) bond motifs is 1. The van der Waals surface area contributed by atoms with Gasteiger partial charge < -0.3 is 5.32 Å². The molecule has 2 aromatic carbocycles. The number of carbonyl (C=O) groups is 1. The minimum atomic E-state index is -1.09. The monoisotopic (exact) mass is 441 g/mol. The van der Waals surface area contributed by atoms with Crippen LogP contribution in [0.4, 0.5) is 14.5 Å². The molecule has 31 heavy (non-hydrogen) atoms. The van der Waals surface area contributed by atoms with Crippen LogP contribution in [0, 0.1) is 11.6 Å². The Balaban J connectivity index is 1.64. The number of aromatic nitrogens is 2. The third kappa shape index (κ3) is 4.31. The fraction of sp³-hybridized carbons (Fsp3) is 0.136. The Morgan fingerprint density at radius 3 is 2.48 bits per heavy atom. The lowest BCUT2D eigenvalue weighted by Gasteiger charge is -2.12. The molecule has 1 N–H and O–H groups in total. The highest BCUT2D eigenvalue weighted by molar-refractivity contribution is 7.17. The molecule has 9 heteroatoms. The van der Waals surface area contributed by atoms with Gasteiger partial charge in [0.25, 0.3) is 5.56 Å². The molecule has 0 aliphatic carbocycles. The second kappa shape index (κ2) is 8.65. The zero-order valence-corrected chi connectivity index (χ0v) is 17.0. The van der Waals surface area contributed by atoms with Gasteiger partial charge in [0.15, 0.2) is 11.6 Å². The fourth-order valence-electron chi connectivity index (χ4n) is 3.29. The molecule has 0 radical (unpaired) electrons. The molecule has 0 fully saturated rings. The van der Waals surface area contributed by atoms with Crippen LogP contribution in [-0.2, 0) is 24.3 Å². The number of anilines is 1. The van der Waals surface area contributed by atoms with E-state index in [0.29, 0.717) is 16.6 Å². The smallest absolute Gasteiger partial charge is 0.324 e. The Morgan fingerprint density at radius 1 is 0.968 bits per heavy atom. The number of nitrogens with one attached hydrogen (secondary N) is 1. The van der Waals surface area contributed by atoms with Gasteiger partial charge in [0, 0.05) is 18.3 Å². The van der Waals surface area contributed by atoms with E-state index in [1.807, 2.05) is 30.3 Å². The zero-order chi connectivity index (χ0) is 22.0. The number of nitrogens with zero attached hydrogens (tertiary/aromatic N) is 2. The second-order valence-corrected chi connectivity index (χ2v) is 7.79. The molecule has 1 amide bonds. The maximum atomic E-state index is 13.4. The van der Waals surface area contributed by atoms with Crippen molar-refractivity contribution in [1.29, 1.82) is 0 Å². The van der Waals surface area contributed by atoms with Crippen LogP contribution < -0.4 is 16.6 Å². The summed E-state index contributed by atoms with van der Waals surface area (Å²) in [5.74, 6) is -2.72. The van der Waals surface area contributed by atoms with Crippen LogP contribution >= 0.6 is 11.3 Å². The minimum Gasteiger partial charge on any atom is -0.324 e. The number of hydrogen-bond acceptors (Lipinski definition) is 4. The lowest BCUT2D eigenvalue weighted by molar-refractivity contribution is -0.116. The molecule has 2 aromatic heterocycles. The van der Waals surface area contributed by atoms with Crippen LogP contribution in [0.15, 0.2) is 69.6 Å². The molecule has 0 bridgehead atoms. The van der Waals surface area contributed by atoms with E-state index < -0.39 is 28.8 Å². The van der Waals surface area contributed by atoms with Crippen LogP contribution in [0.25, 0.3) is 10.2 Å². The number of amides is 1. The van der Waals surface area contributed by atoms with E-state index in [-0.39, 0.29) is 18.8 Å². The lowest BCUT2D eigenvalue weighted by atomic mass is 10.1. The number of thiophene rings is 1. The van der Waals surface area contributed by atoms with Crippen LogP contribution in [0.3, 0.4) is 0 Å². The van der Waals surface area contributed by atoms with Gasteiger partial charge in [-0.25, -0.2) is 13.6 Å². The van der Waals surface area contributed by atoms with E-state index in [1.54, 1.807) is 11.4 Å². The summed E-state index contributed by atoms with van der Waals surface area (Å²) in [6, 6.07) is 14.0. The molecule has 0 spiro atoms. The number of carbonyl (C=O) groups excluding carboxylic acids is 1. The predicted octanol–water partition coefficient (Wildman–Crippen LogP) is 3.38. The Morgan fingerprint density at radius 2 is 1.74 bits per heavy atom. The van der Waals surface area contributed by atoms with E-state index in [9.17, 15) is 23.2 Å². The van der Waals surface area contributed by atoms with Gasteiger partial charge in [-0.2, -0.15) is 0 Å². The normalized spacial score (nSPS) is 11.0. The van der Waals surface area contributed by atoms with Crippen molar-refractivity contribution in [2.75, 3.05) is 5.32 Å². The Bertz CT molecular complexity index is 1380. The van der Waals surface area contributed by atoms with E-state index in [4.69, 9.17) is 0 Å². The fourth-order valence-corrected chi connectivity index (χ4v) is 4.13. The van der Waals surface area contributed by atoms with Crippen molar-refractivity contribution in [2.24, 2.45) is 0 Å². The largest absolute Gasteiger partial charge is 0.332 e. The van der Waals surface area contributed by atoms with Gasteiger partial charge in [-0.15, -0.1) is 11.3 Å². The van der Waals surface area contributed by atoms with E-state index in [2.05, 4.69) is 5.32 Å². The molecule has 2 heterocycles. The number of hydrogen-bond donors (Lipinski definition) is 1. The van der Waals surface area contributed by atoms with Gasteiger partial charge in [-0.05, 0) is 35.6 Å². The number of rotatable bonds is 6. The third-order valence-corrected chi connectivity index (χ3v) is 5.70. The molecule has 0 unspecified atom stereocenters. The molecule has 0 saturated heterocycles. The molecule has 0 atom stereocenters. The van der Waals surface area contributed by atoms with Crippen LogP contribution in [-0.4, -0.2) is 15.0 Å². The zero-order valence-electron chi connectivity index (χ0n) is 16.2. The van der Waals surface area contributed by atoms with E-state index in [1.165, 1.54) is 22.0 Å². The van der Waals surface area contributed by atoms with Crippen molar-refractivity contribution >= 4 is 33.1 Å². The highest BCUT2D eigenvalue weighted by Crippen LogP contribution is 2.16. The molecule has 4 rings (SSSR count). The third-order valence-electron chi connectivity index (χ3n) is 4.81. The topological polar surface area (TPSA) is 73.1 Å². The van der Waals surface area contributed by atoms with Gasteiger partial charge >= 0.3 is 5.69 Å². The minimum absolute atomic E-state index is 0.0657. The van der Waals surface area contributed by atoms with Crippen molar-refractivity contribution in [3.05, 3.63) is 98.0 Å². The summed E-state index contributed by atoms with van der Waals surface area (Å²) in [4.78, 5) is 38.4. The summed E-state index contributed by atoms with van der Waals surface area (Å²) < 4.78 is 29.2. The summed E-state index contributed by atoms with van der Waals surface area (Å²) in [6.07, 6.45) is 0.480. The second-order valence-electron chi connectivity index (χ2n) is 6.87. The van der Waals surface area contributed by atoms with Gasteiger partial charge in [-0.1, -0.05) is 30.3 Å². The van der Waals surface area contributed by atoms with Crippen LogP contribution in [0.5, 0.6) is 0 Å². The summed E-state index contributed by atoms with van der Waals surface area (Å²) in [5, 5.41) is 4.12. The molecular formula is C22H17F2N3O3S. The summed E-state index contributed by atoms with van der Waals surface area (Å²) in [7, 11) is 0. The predicted molar refractivity (Wildman–Crippen MR) is 115 cm³/mol. The number of benzene rings is 2.